The highest BCUT2D eigenvalue weighted by Crippen LogP contribution is 2.27. The van der Waals surface area contributed by atoms with Crippen molar-refractivity contribution in [2.24, 2.45) is 0 Å². The second-order valence-electron chi connectivity index (χ2n) is 9.46. The maximum absolute atomic E-state index is 2.30. The summed E-state index contributed by atoms with van der Waals surface area (Å²) in [7, 11) is 0. The molecule has 0 nitrogen and oxygen atoms in total. The van der Waals surface area contributed by atoms with E-state index in [0.29, 0.717) is 0 Å². The SMILES string of the molecule is c1cc2cc(c1)sc1cccc(c1)sc1cccc(c1)sc1cccc(c1)sc1cccc(c1)sc1cccc(c1)s2. The molecule has 0 aliphatic rings. The summed E-state index contributed by atoms with van der Waals surface area (Å²) in [5, 5.41) is 0. The third kappa shape index (κ3) is 7.16. The molecule has 0 saturated heterocycles. The Morgan fingerprint density at radius 1 is 0.190 bits per heavy atom. The van der Waals surface area contributed by atoms with Crippen molar-refractivity contribution >= 4 is 124 Å². The Hall–Kier alpha value is -3.36. The molecule has 0 aliphatic carbocycles. The largest absolute Gasteiger partial charge is 0.136 e. The fraction of sp³-hybridized carbons (Fsp3) is 0. The van der Waals surface area contributed by atoms with Gasteiger partial charge in [-0.2, -0.15) is 0 Å². The highest BCUT2D eigenvalue weighted by atomic mass is 32.1. The van der Waals surface area contributed by atoms with Gasteiger partial charge in [-0.25, -0.2) is 0 Å². The Morgan fingerprint density at radius 3 is 0.429 bits per heavy atom. The summed E-state index contributed by atoms with van der Waals surface area (Å²) in [5.74, 6) is 0. The van der Waals surface area contributed by atoms with Gasteiger partial charge in [0.05, 0.1) is 0 Å². The molecule has 0 saturated carbocycles. The third-order valence-electron chi connectivity index (χ3n) is 6.25. The Labute approximate surface area is 268 Å². The minimum Gasteiger partial charge on any atom is -0.136 e. The van der Waals surface area contributed by atoms with Crippen LogP contribution in [0.25, 0.3) is 56.4 Å². The van der Waals surface area contributed by atoms with Crippen LogP contribution in [0.5, 0.6) is 0 Å². The summed E-state index contributed by atoms with van der Waals surface area (Å²) in [5.41, 5.74) is 0. The summed E-state index contributed by atoms with van der Waals surface area (Å²) < 4.78 is 15.0. The van der Waals surface area contributed by atoms with Crippen LogP contribution in [-0.4, -0.2) is 0 Å². The number of fused-ring (bicyclic) bond motifs is 12. The van der Waals surface area contributed by atoms with E-state index in [1.165, 1.54) is 56.4 Å². The summed E-state index contributed by atoms with van der Waals surface area (Å²) in [6.07, 6.45) is 0. The second-order valence-corrected chi connectivity index (χ2v) is 16.3. The Kier molecular flexibility index (Phi) is 8.42. The van der Waals surface area contributed by atoms with Crippen LogP contribution in [0, 0.1) is 0 Å². The van der Waals surface area contributed by atoms with E-state index in [4.69, 9.17) is 0 Å². The van der Waals surface area contributed by atoms with E-state index in [1.54, 1.807) is 0 Å². The molecule has 0 amide bonds. The molecule has 1 aromatic heterocycles. The quantitative estimate of drug-likeness (QED) is 0.153. The highest BCUT2D eigenvalue weighted by Gasteiger charge is 1.94. The first-order valence-electron chi connectivity index (χ1n) is 13.4. The Bertz CT molecular complexity index is 1780. The molecule has 12 bridgehead atoms. The smallest absolute Gasteiger partial charge is 0.0290 e. The van der Waals surface area contributed by atoms with Crippen LogP contribution in [0.15, 0.2) is 146 Å². The maximum Gasteiger partial charge on any atom is 0.0290 e. The lowest BCUT2D eigenvalue weighted by atomic mass is 10.4. The molecule has 204 valence electrons. The van der Waals surface area contributed by atoms with Gasteiger partial charge in [-0.15, -0.1) is 68.0 Å². The monoisotopic (exact) mass is 648 g/mol. The van der Waals surface area contributed by atoms with Crippen LogP contribution in [0.4, 0.5) is 0 Å². The second kappa shape index (κ2) is 12.9. The van der Waals surface area contributed by atoms with Crippen LogP contribution in [-0.2, 0) is 0 Å². The summed E-state index contributed by atoms with van der Waals surface area (Å²) >= 11 is 10.9. The lowest BCUT2D eigenvalue weighted by Crippen LogP contribution is -1.65. The van der Waals surface area contributed by atoms with Crippen molar-refractivity contribution in [3.05, 3.63) is 146 Å². The number of rotatable bonds is 0. The predicted octanol–water partition coefficient (Wildman–Crippen LogP) is 14.0. The average Bonchev–Trinajstić information content (AvgIpc) is 2.98. The third-order valence-corrected chi connectivity index (χ3v) is 12.1. The van der Waals surface area contributed by atoms with Crippen LogP contribution in [0.2, 0.25) is 0 Å². The van der Waals surface area contributed by atoms with E-state index in [1.807, 2.05) is 68.0 Å². The fourth-order valence-electron chi connectivity index (χ4n) is 4.42. The minimum absolute atomic E-state index is 1.25. The van der Waals surface area contributed by atoms with Gasteiger partial charge in [-0.3, -0.25) is 0 Å². The molecule has 1 heterocycles. The van der Waals surface area contributed by atoms with Gasteiger partial charge in [-0.05, 0) is 109 Å². The zero-order chi connectivity index (χ0) is 28.1. The van der Waals surface area contributed by atoms with Gasteiger partial charge >= 0.3 is 0 Å². The van der Waals surface area contributed by atoms with E-state index < -0.39 is 0 Å². The summed E-state index contributed by atoms with van der Waals surface area (Å²) in [4.78, 5) is 0. The van der Waals surface area contributed by atoms with Crippen LogP contribution in [0.1, 0.15) is 0 Å². The molecule has 0 unspecified atom stereocenters. The van der Waals surface area contributed by atoms with Gasteiger partial charge in [0, 0.05) is 56.4 Å². The number of hydrogen-bond acceptors (Lipinski definition) is 6. The van der Waals surface area contributed by atoms with Crippen molar-refractivity contribution in [1.82, 2.24) is 0 Å². The summed E-state index contributed by atoms with van der Waals surface area (Å²) in [6, 6.07) is 53.1. The first-order valence-corrected chi connectivity index (χ1v) is 18.3. The molecule has 0 aliphatic heterocycles. The molecule has 6 aromatic carbocycles. The van der Waals surface area contributed by atoms with Crippen LogP contribution >= 0.6 is 68.0 Å². The highest BCUT2D eigenvalue weighted by molar-refractivity contribution is 7.27. The lowest BCUT2D eigenvalue weighted by Gasteiger charge is -1.95. The topological polar surface area (TPSA) is 0 Å². The molecule has 0 N–H and O–H groups in total. The van der Waals surface area contributed by atoms with E-state index in [2.05, 4.69) is 146 Å². The Morgan fingerprint density at radius 2 is 0.310 bits per heavy atom. The maximum atomic E-state index is 2.30. The Balaban J connectivity index is 1.53. The zero-order valence-electron chi connectivity index (χ0n) is 22.3. The van der Waals surface area contributed by atoms with E-state index in [0.717, 1.165) is 0 Å². The minimum atomic E-state index is 1.25. The number of benzene rings is 6. The van der Waals surface area contributed by atoms with Gasteiger partial charge in [0.25, 0.3) is 0 Å². The van der Waals surface area contributed by atoms with E-state index in [-0.39, 0.29) is 0 Å². The van der Waals surface area contributed by atoms with Crippen molar-refractivity contribution in [2.75, 3.05) is 0 Å². The molecule has 42 heavy (non-hydrogen) atoms. The summed E-state index contributed by atoms with van der Waals surface area (Å²) in [6.45, 7) is 0. The molecule has 7 rings (SSSR count). The molecular formula is C36H24S6. The van der Waals surface area contributed by atoms with Crippen molar-refractivity contribution < 1.29 is 0 Å². The molecule has 0 atom stereocenters. The molecule has 0 fully saturated rings. The van der Waals surface area contributed by atoms with Gasteiger partial charge in [0.1, 0.15) is 0 Å². The standard InChI is InChI=1S/C36H24S6/c1-7-25-19-26(8-1)38-28-10-3-12-30(21-28)40-32-14-5-16-34(23-32)42-36-18-6-17-35(24-36)41-33-15-4-13-31(22-33)39-29-11-2-9-27(20-29)37-25/h1-24H. The lowest BCUT2D eigenvalue weighted by molar-refractivity contribution is 1.90. The van der Waals surface area contributed by atoms with Crippen molar-refractivity contribution in [2.45, 2.75) is 0 Å². The first kappa shape index (κ1) is 27.5. The molecule has 0 radical (unpaired) electrons. The molecular weight excluding hydrogens is 625 g/mol. The fourth-order valence-corrected chi connectivity index (χ4v) is 10.5. The number of hydrogen-bond donors (Lipinski definition) is 0. The van der Waals surface area contributed by atoms with Gasteiger partial charge in [-0.1, -0.05) is 36.4 Å². The van der Waals surface area contributed by atoms with Gasteiger partial charge in [0.15, 0.2) is 0 Å². The molecule has 6 heteroatoms. The normalized spacial score (nSPS) is 10.9. The molecule has 7 aromatic rings. The van der Waals surface area contributed by atoms with Crippen LogP contribution in [0.3, 0.4) is 0 Å². The first-order chi connectivity index (χ1) is 20.7. The molecule has 0 spiro atoms. The van der Waals surface area contributed by atoms with Gasteiger partial charge in [0.2, 0.25) is 0 Å². The predicted molar refractivity (Wildman–Crippen MR) is 198 cm³/mol. The van der Waals surface area contributed by atoms with E-state index >= 15 is 0 Å². The average molecular weight is 649 g/mol. The van der Waals surface area contributed by atoms with E-state index in [9.17, 15) is 0 Å². The zero-order valence-corrected chi connectivity index (χ0v) is 27.2. The van der Waals surface area contributed by atoms with Gasteiger partial charge < -0.3 is 0 Å². The van der Waals surface area contributed by atoms with Crippen molar-refractivity contribution in [1.29, 1.82) is 0 Å². The van der Waals surface area contributed by atoms with Crippen molar-refractivity contribution in [3.8, 4) is 0 Å². The van der Waals surface area contributed by atoms with Crippen LogP contribution < -0.4 is 0 Å². The van der Waals surface area contributed by atoms with Crippen molar-refractivity contribution in [3.63, 3.8) is 0 Å².